The molecule has 5 heteroatoms. The molecule has 5 nitrogen and oxygen atoms in total. The highest BCUT2D eigenvalue weighted by Gasteiger charge is 1.97. The van der Waals surface area contributed by atoms with Crippen LogP contribution in [0.2, 0.25) is 0 Å². The Bertz CT molecular complexity index is 243. The molecule has 1 aromatic heterocycles. The molecule has 0 aliphatic rings. The molecule has 0 saturated carbocycles. The second kappa shape index (κ2) is 2.38. The van der Waals surface area contributed by atoms with Gasteiger partial charge in [-0.05, 0) is 0 Å². The first-order chi connectivity index (χ1) is 4.68. The molecular formula is C5H7N3O2. The lowest BCUT2D eigenvalue weighted by Gasteiger charge is -1.90. The van der Waals surface area contributed by atoms with Crippen LogP contribution >= 0.6 is 0 Å². The van der Waals surface area contributed by atoms with E-state index in [1.807, 2.05) is 0 Å². The Morgan fingerprint density at radius 2 is 2.60 bits per heavy atom. The number of hydrogen-bond acceptors (Lipinski definition) is 2. The number of aryl methyl sites for hydroxylation is 1. The molecule has 2 N–H and O–H groups in total. The van der Waals surface area contributed by atoms with Crippen LogP contribution in [0.3, 0.4) is 0 Å². The normalized spacial score (nSPS) is 9.30. The summed E-state index contributed by atoms with van der Waals surface area (Å²) in [4.78, 5) is 10.0. The van der Waals surface area contributed by atoms with Crippen molar-refractivity contribution in [3.05, 3.63) is 12.4 Å². The summed E-state index contributed by atoms with van der Waals surface area (Å²) in [6.07, 6.45) is 1.94. The molecule has 0 bridgehead atoms. The Balaban J connectivity index is 2.67. The van der Waals surface area contributed by atoms with Crippen molar-refractivity contribution in [2.45, 2.75) is 0 Å². The van der Waals surface area contributed by atoms with Crippen molar-refractivity contribution in [1.82, 2.24) is 9.78 Å². The minimum atomic E-state index is -1.08. The van der Waals surface area contributed by atoms with E-state index in [9.17, 15) is 4.79 Å². The summed E-state index contributed by atoms with van der Waals surface area (Å²) < 4.78 is 1.52. The molecule has 0 atom stereocenters. The molecule has 10 heavy (non-hydrogen) atoms. The maximum Gasteiger partial charge on any atom is 0.409 e. The van der Waals surface area contributed by atoms with Gasteiger partial charge >= 0.3 is 6.09 Å². The van der Waals surface area contributed by atoms with Crippen LogP contribution < -0.4 is 5.32 Å². The van der Waals surface area contributed by atoms with E-state index in [4.69, 9.17) is 5.11 Å². The number of rotatable bonds is 1. The topological polar surface area (TPSA) is 67.2 Å². The van der Waals surface area contributed by atoms with Gasteiger partial charge in [0.25, 0.3) is 0 Å². The van der Waals surface area contributed by atoms with Crippen LogP contribution in [0.4, 0.5) is 10.5 Å². The van der Waals surface area contributed by atoms with Crippen molar-refractivity contribution in [3.8, 4) is 0 Å². The van der Waals surface area contributed by atoms with E-state index in [-0.39, 0.29) is 0 Å². The van der Waals surface area contributed by atoms with Crippen LogP contribution in [0.5, 0.6) is 0 Å². The highest BCUT2D eigenvalue weighted by Crippen LogP contribution is 2.01. The molecule has 1 amide bonds. The Morgan fingerprint density at radius 3 is 3.00 bits per heavy atom. The van der Waals surface area contributed by atoms with Gasteiger partial charge < -0.3 is 5.11 Å². The van der Waals surface area contributed by atoms with Crippen LogP contribution in [-0.4, -0.2) is 21.0 Å². The zero-order chi connectivity index (χ0) is 7.56. The van der Waals surface area contributed by atoms with Crippen LogP contribution in [-0.2, 0) is 7.05 Å². The summed E-state index contributed by atoms with van der Waals surface area (Å²) in [6, 6.07) is 0. The second-order valence-electron chi connectivity index (χ2n) is 1.83. The van der Waals surface area contributed by atoms with Crippen molar-refractivity contribution in [3.63, 3.8) is 0 Å². The second-order valence-corrected chi connectivity index (χ2v) is 1.83. The van der Waals surface area contributed by atoms with Gasteiger partial charge in [0.05, 0.1) is 11.9 Å². The third-order valence-corrected chi connectivity index (χ3v) is 0.956. The van der Waals surface area contributed by atoms with E-state index >= 15 is 0 Å². The fourth-order valence-corrected chi connectivity index (χ4v) is 0.609. The number of hydrogen-bond donors (Lipinski definition) is 2. The highest BCUT2D eigenvalue weighted by atomic mass is 16.4. The van der Waals surface area contributed by atoms with Crippen LogP contribution in [0.15, 0.2) is 12.4 Å². The standard InChI is InChI=1S/C5H7N3O2/c1-8-3-4(2-6-8)7-5(9)10/h2-3,7H,1H3,(H,9,10). The van der Waals surface area contributed by atoms with Crippen molar-refractivity contribution < 1.29 is 9.90 Å². The lowest BCUT2D eigenvalue weighted by atomic mass is 10.6. The van der Waals surface area contributed by atoms with Gasteiger partial charge in [0.15, 0.2) is 0 Å². The largest absolute Gasteiger partial charge is 0.465 e. The predicted molar refractivity (Wildman–Crippen MR) is 34.9 cm³/mol. The molecule has 0 radical (unpaired) electrons. The number of aromatic nitrogens is 2. The highest BCUT2D eigenvalue weighted by molar-refractivity contribution is 5.82. The average Bonchev–Trinajstić information content (AvgIpc) is 2.13. The Kier molecular flexibility index (Phi) is 1.57. The third-order valence-electron chi connectivity index (χ3n) is 0.956. The summed E-state index contributed by atoms with van der Waals surface area (Å²) in [7, 11) is 1.72. The van der Waals surface area contributed by atoms with Crippen molar-refractivity contribution in [1.29, 1.82) is 0 Å². The first kappa shape index (κ1) is 6.60. The molecule has 0 aliphatic heterocycles. The summed E-state index contributed by atoms with van der Waals surface area (Å²) >= 11 is 0. The van der Waals surface area contributed by atoms with E-state index in [1.165, 1.54) is 10.9 Å². The molecule has 1 heterocycles. The van der Waals surface area contributed by atoms with Gasteiger partial charge in [0.2, 0.25) is 0 Å². The van der Waals surface area contributed by atoms with E-state index in [1.54, 1.807) is 13.2 Å². The summed E-state index contributed by atoms with van der Waals surface area (Å²) in [5.74, 6) is 0. The lowest BCUT2D eigenvalue weighted by Crippen LogP contribution is -2.05. The Morgan fingerprint density at radius 1 is 1.90 bits per heavy atom. The molecule has 0 aromatic carbocycles. The minimum absolute atomic E-state index is 0.481. The molecular weight excluding hydrogens is 134 g/mol. The van der Waals surface area contributed by atoms with E-state index < -0.39 is 6.09 Å². The molecule has 1 aromatic rings. The predicted octanol–water partition coefficient (Wildman–Crippen LogP) is 0.510. The molecule has 0 fully saturated rings. The zero-order valence-corrected chi connectivity index (χ0v) is 5.40. The molecule has 0 aliphatic carbocycles. The van der Waals surface area contributed by atoms with Gasteiger partial charge in [-0.15, -0.1) is 0 Å². The number of anilines is 1. The van der Waals surface area contributed by atoms with E-state index in [0.29, 0.717) is 5.69 Å². The average molecular weight is 141 g/mol. The van der Waals surface area contributed by atoms with Crippen molar-refractivity contribution in [2.75, 3.05) is 5.32 Å². The van der Waals surface area contributed by atoms with Crippen molar-refractivity contribution in [2.24, 2.45) is 7.05 Å². The van der Waals surface area contributed by atoms with Crippen LogP contribution in [0.25, 0.3) is 0 Å². The van der Waals surface area contributed by atoms with Crippen molar-refractivity contribution >= 4 is 11.8 Å². The number of nitrogens with zero attached hydrogens (tertiary/aromatic N) is 2. The zero-order valence-electron chi connectivity index (χ0n) is 5.40. The maximum atomic E-state index is 10.0. The molecule has 1 rings (SSSR count). The summed E-state index contributed by atoms with van der Waals surface area (Å²) in [5, 5.41) is 14.1. The van der Waals surface area contributed by atoms with E-state index in [0.717, 1.165) is 0 Å². The third kappa shape index (κ3) is 1.48. The van der Waals surface area contributed by atoms with Gasteiger partial charge in [0, 0.05) is 13.2 Å². The number of amides is 1. The molecule has 0 unspecified atom stereocenters. The van der Waals surface area contributed by atoms with Gasteiger partial charge in [-0.2, -0.15) is 5.10 Å². The fourth-order valence-electron chi connectivity index (χ4n) is 0.609. The molecule has 54 valence electrons. The van der Waals surface area contributed by atoms with Gasteiger partial charge in [-0.3, -0.25) is 10.00 Å². The monoisotopic (exact) mass is 141 g/mol. The van der Waals surface area contributed by atoms with Gasteiger partial charge in [0.1, 0.15) is 0 Å². The number of carbonyl (C=O) groups is 1. The van der Waals surface area contributed by atoms with Gasteiger partial charge in [-0.1, -0.05) is 0 Å². The maximum absolute atomic E-state index is 10.0. The lowest BCUT2D eigenvalue weighted by molar-refractivity contribution is 0.210. The SMILES string of the molecule is Cn1cc(NC(=O)O)cn1. The van der Waals surface area contributed by atoms with Crippen LogP contribution in [0, 0.1) is 0 Å². The molecule has 0 spiro atoms. The first-order valence-electron chi connectivity index (χ1n) is 2.67. The number of nitrogens with one attached hydrogen (secondary N) is 1. The minimum Gasteiger partial charge on any atom is -0.465 e. The summed E-state index contributed by atoms with van der Waals surface area (Å²) in [6.45, 7) is 0. The quantitative estimate of drug-likeness (QED) is 0.598. The van der Waals surface area contributed by atoms with Gasteiger partial charge in [-0.25, -0.2) is 4.79 Å². The first-order valence-corrected chi connectivity index (χ1v) is 2.67. The number of carboxylic acid groups (broad SMARTS) is 1. The molecule has 0 saturated heterocycles. The Labute approximate surface area is 57.3 Å². The fraction of sp³-hybridized carbons (Fsp3) is 0.200. The van der Waals surface area contributed by atoms with Crippen LogP contribution in [0.1, 0.15) is 0 Å². The van der Waals surface area contributed by atoms with E-state index in [2.05, 4.69) is 10.4 Å². The smallest absolute Gasteiger partial charge is 0.409 e. The summed E-state index contributed by atoms with van der Waals surface area (Å²) in [5.41, 5.74) is 0.481. The Hall–Kier alpha value is -1.52.